The topological polar surface area (TPSA) is 69.6 Å². The Morgan fingerprint density at radius 2 is 1.59 bits per heavy atom. The molecule has 0 aromatic rings. The lowest BCUT2D eigenvalue weighted by Crippen LogP contribution is -2.57. The van der Waals surface area contributed by atoms with Gasteiger partial charge >= 0.3 is 18.3 Å². The lowest BCUT2D eigenvalue weighted by Gasteiger charge is -2.41. The van der Waals surface area contributed by atoms with Crippen molar-refractivity contribution in [2.45, 2.75) is 25.2 Å². The van der Waals surface area contributed by atoms with Crippen LogP contribution >= 0.6 is 0 Å². The molecule has 0 radical (unpaired) electrons. The fourth-order valence-electron chi connectivity index (χ4n) is 2.31. The summed E-state index contributed by atoms with van der Waals surface area (Å²) in [6.45, 7) is -3.44. The van der Waals surface area contributed by atoms with Gasteiger partial charge in [0.05, 0.1) is 6.54 Å². The van der Waals surface area contributed by atoms with Crippen LogP contribution in [0.4, 0.5) is 26.3 Å². The SMILES string of the molecule is O=C(O)CNC(=O)C1(C(F)(F)F)CCN(CC(F)(F)F)CC1. The molecule has 11 heteroatoms. The minimum Gasteiger partial charge on any atom is -0.480 e. The van der Waals surface area contributed by atoms with Crippen LogP contribution in [0.15, 0.2) is 0 Å². The van der Waals surface area contributed by atoms with Crippen molar-refractivity contribution in [3.8, 4) is 0 Å². The van der Waals surface area contributed by atoms with E-state index >= 15 is 0 Å². The maximum absolute atomic E-state index is 13.2. The van der Waals surface area contributed by atoms with Gasteiger partial charge in [0, 0.05) is 0 Å². The predicted octanol–water partition coefficient (Wildman–Crippen LogP) is 1.39. The number of carbonyl (C=O) groups excluding carboxylic acids is 1. The fraction of sp³-hybridized carbons (Fsp3) is 0.818. The van der Waals surface area contributed by atoms with Crippen molar-refractivity contribution in [2.24, 2.45) is 5.41 Å². The molecule has 0 saturated carbocycles. The Labute approximate surface area is 121 Å². The molecule has 1 fully saturated rings. The highest BCUT2D eigenvalue weighted by Gasteiger charge is 2.61. The first-order valence-corrected chi connectivity index (χ1v) is 6.23. The molecule has 0 aromatic carbocycles. The first kappa shape index (κ1) is 18.5. The van der Waals surface area contributed by atoms with Gasteiger partial charge in [-0.15, -0.1) is 0 Å². The smallest absolute Gasteiger partial charge is 0.403 e. The monoisotopic (exact) mass is 336 g/mol. The third-order valence-electron chi connectivity index (χ3n) is 3.49. The molecule has 2 N–H and O–H groups in total. The molecule has 0 spiro atoms. The Kier molecular flexibility index (Phi) is 5.31. The second-order valence-electron chi connectivity index (χ2n) is 5.05. The van der Waals surface area contributed by atoms with Crippen LogP contribution in [-0.2, 0) is 9.59 Å². The van der Waals surface area contributed by atoms with Crippen LogP contribution in [0.5, 0.6) is 0 Å². The minimum atomic E-state index is -4.97. The number of hydrogen-bond donors (Lipinski definition) is 2. The molecule has 0 aromatic heterocycles. The van der Waals surface area contributed by atoms with Crippen LogP contribution in [-0.4, -0.2) is 60.4 Å². The zero-order valence-corrected chi connectivity index (χ0v) is 11.2. The third-order valence-corrected chi connectivity index (χ3v) is 3.49. The molecule has 1 aliphatic heterocycles. The number of carbonyl (C=O) groups is 2. The summed E-state index contributed by atoms with van der Waals surface area (Å²) in [7, 11) is 0. The quantitative estimate of drug-likeness (QED) is 0.762. The highest BCUT2D eigenvalue weighted by molar-refractivity contribution is 5.86. The second kappa shape index (κ2) is 6.31. The summed E-state index contributed by atoms with van der Waals surface area (Å²) in [6, 6.07) is 0. The third kappa shape index (κ3) is 4.49. The molecule has 0 bridgehead atoms. The first-order chi connectivity index (χ1) is 9.87. The van der Waals surface area contributed by atoms with Crippen molar-refractivity contribution >= 4 is 11.9 Å². The average molecular weight is 336 g/mol. The number of carboxylic acid groups (broad SMARTS) is 1. The van der Waals surface area contributed by atoms with E-state index in [1.165, 1.54) is 0 Å². The number of piperidine rings is 1. The van der Waals surface area contributed by atoms with E-state index in [0.29, 0.717) is 0 Å². The van der Waals surface area contributed by atoms with Gasteiger partial charge in [-0.05, 0) is 25.9 Å². The van der Waals surface area contributed by atoms with E-state index in [-0.39, 0.29) is 0 Å². The lowest BCUT2D eigenvalue weighted by atomic mass is 9.76. The highest BCUT2D eigenvalue weighted by atomic mass is 19.4. The summed E-state index contributed by atoms with van der Waals surface area (Å²) >= 11 is 0. The zero-order valence-electron chi connectivity index (χ0n) is 11.2. The standard InChI is InChI=1S/C11H14F6N2O3/c12-10(13,14)6-19-3-1-9(2-4-19,11(15,16)17)8(22)18-5-7(20)21/h1-6H2,(H,18,22)(H,20,21). The fourth-order valence-corrected chi connectivity index (χ4v) is 2.31. The van der Waals surface area contributed by atoms with Gasteiger partial charge in [-0.25, -0.2) is 0 Å². The van der Waals surface area contributed by atoms with E-state index in [0.717, 1.165) is 4.90 Å². The summed E-state index contributed by atoms with van der Waals surface area (Å²) in [4.78, 5) is 22.8. The average Bonchev–Trinajstić information content (AvgIpc) is 2.33. The molecule has 0 unspecified atom stereocenters. The molecule has 1 saturated heterocycles. The Hall–Kier alpha value is -1.52. The number of halogens is 6. The predicted molar refractivity (Wildman–Crippen MR) is 60.9 cm³/mol. The Morgan fingerprint density at radius 1 is 1.09 bits per heavy atom. The molecule has 1 aliphatic rings. The lowest BCUT2D eigenvalue weighted by molar-refractivity contribution is -0.236. The molecule has 5 nitrogen and oxygen atoms in total. The normalized spacial score (nSPS) is 19.7. The van der Waals surface area contributed by atoms with Crippen molar-refractivity contribution < 1.29 is 41.0 Å². The van der Waals surface area contributed by atoms with Crippen LogP contribution < -0.4 is 5.32 Å². The maximum Gasteiger partial charge on any atom is 0.403 e. The maximum atomic E-state index is 13.2. The summed E-state index contributed by atoms with van der Waals surface area (Å²) in [5.41, 5.74) is -2.86. The second-order valence-corrected chi connectivity index (χ2v) is 5.05. The van der Waals surface area contributed by atoms with Crippen molar-refractivity contribution in [3.05, 3.63) is 0 Å². The molecule has 0 aliphatic carbocycles. The van der Waals surface area contributed by atoms with E-state index in [2.05, 4.69) is 0 Å². The van der Waals surface area contributed by atoms with Gasteiger partial charge in [-0.2, -0.15) is 26.3 Å². The highest BCUT2D eigenvalue weighted by Crippen LogP contribution is 2.46. The van der Waals surface area contributed by atoms with Crippen molar-refractivity contribution in [1.82, 2.24) is 10.2 Å². The van der Waals surface area contributed by atoms with E-state index in [1.54, 1.807) is 5.32 Å². The summed E-state index contributed by atoms with van der Waals surface area (Å²) in [5.74, 6) is -3.03. The van der Waals surface area contributed by atoms with Gasteiger partial charge in [0.2, 0.25) is 5.91 Å². The van der Waals surface area contributed by atoms with E-state index in [9.17, 15) is 35.9 Å². The van der Waals surface area contributed by atoms with Gasteiger partial charge in [0.15, 0.2) is 0 Å². The minimum absolute atomic E-state index is 0.556. The molecule has 1 rings (SSSR count). The zero-order chi connectivity index (χ0) is 17.2. The Morgan fingerprint density at radius 3 is 1.95 bits per heavy atom. The number of likely N-dealkylation sites (tertiary alicyclic amines) is 1. The van der Waals surface area contributed by atoms with Crippen LogP contribution in [0.2, 0.25) is 0 Å². The molecule has 128 valence electrons. The summed E-state index contributed by atoms with van der Waals surface area (Å²) < 4.78 is 76.2. The Balaban J connectivity index is 2.81. The van der Waals surface area contributed by atoms with Crippen molar-refractivity contribution in [3.63, 3.8) is 0 Å². The van der Waals surface area contributed by atoms with Crippen molar-refractivity contribution in [2.75, 3.05) is 26.2 Å². The van der Waals surface area contributed by atoms with Crippen molar-refractivity contribution in [1.29, 1.82) is 0 Å². The number of alkyl halides is 6. The summed E-state index contributed by atoms with van der Waals surface area (Å²) in [5, 5.41) is 10.1. The molecular weight excluding hydrogens is 322 g/mol. The number of rotatable bonds is 4. The van der Waals surface area contributed by atoms with E-state index in [4.69, 9.17) is 5.11 Å². The van der Waals surface area contributed by atoms with Gasteiger partial charge in [-0.3, -0.25) is 14.5 Å². The van der Waals surface area contributed by atoms with E-state index < -0.39 is 68.7 Å². The number of amides is 1. The Bertz CT molecular complexity index is 427. The van der Waals surface area contributed by atoms with E-state index in [1.807, 2.05) is 0 Å². The van der Waals surface area contributed by atoms with Gasteiger partial charge < -0.3 is 10.4 Å². The van der Waals surface area contributed by atoms with Gasteiger partial charge in [0.25, 0.3) is 0 Å². The molecule has 22 heavy (non-hydrogen) atoms. The first-order valence-electron chi connectivity index (χ1n) is 6.23. The van der Waals surface area contributed by atoms with Gasteiger partial charge in [0.1, 0.15) is 12.0 Å². The summed E-state index contributed by atoms with van der Waals surface area (Å²) in [6.07, 6.45) is -11.2. The largest absolute Gasteiger partial charge is 0.480 e. The van der Waals surface area contributed by atoms with Crippen LogP contribution in [0.1, 0.15) is 12.8 Å². The number of nitrogens with zero attached hydrogens (tertiary/aromatic N) is 1. The molecule has 1 heterocycles. The number of nitrogens with one attached hydrogen (secondary N) is 1. The molecular formula is C11H14F6N2O3. The van der Waals surface area contributed by atoms with Gasteiger partial charge in [-0.1, -0.05) is 0 Å². The van der Waals surface area contributed by atoms with Crippen LogP contribution in [0.25, 0.3) is 0 Å². The van der Waals surface area contributed by atoms with Crippen LogP contribution in [0.3, 0.4) is 0 Å². The molecule has 0 atom stereocenters. The number of hydrogen-bond acceptors (Lipinski definition) is 3. The number of aliphatic carboxylic acids is 1. The molecule has 1 amide bonds. The van der Waals surface area contributed by atoms with Crippen LogP contribution in [0, 0.1) is 5.41 Å². The number of carboxylic acids is 1.